The highest BCUT2D eigenvalue weighted by atomic mass is 32.2. The number of nitrogens with zero attached hydrogens (tertiary/aromatic N) is 1. The number of thioether (sulfide) groups is 1. The van der Waals surface area contributed by atoms with Gasteiger partial charge in [0.05, 0.1) is 0 Å². The van der Waals surface area contributed by atoms with Gasteiger partial charge in [-0.15, -0.1) is 11.8 Å². The fraction of sp³-hybridized carbons (Fsp3) is 0.556. The molecule has 1 saturated heterocycles. The summed E-state index contributed by atoms with van der Waals surface area (Å²) in [7, 11) is 0. The van der Waals surface area contributed by atoms with Gasteiger partial charge >= 0.3 is 0 Å². The first-order valence-electron chi connectivity index (χ1n) is 8.23. The number of amides is 2. The van der Waals surface area contributed by atoms with Crippen LogP contribution in [0.2, 0.25) is 0 Å². The fourth-order valence-electron chi connectivity index (χ4n) is 3.06. The van der Waals surface area contributed by atoms with Gasteiger partial charge in [-0.1, -0.05) is 19.1 Å². The van der Waals surface area contributed by atoms with Gasteiger partial charge in [0.1, 0.15) is 5.54 Å². The monoisotopic (exact) mass is 334 g/mol. The molecule has 1 aliphatic heterocycles. The summed E-state index contributed by atoms with van der Waals surface area (Å²) >= 11 is 1.70. The predicted molar refractivity (Wildman–Crippen MR) is 94.3 cm³/mol. The van der Waals surface area contributed by atoms with Gasteiger partial charge in [0, 0.05) is 24.4 Å². The zero-order chi connectivity index (χ0) is 16.9. The van der Waals surface area contributed by atoms with Gasteiger partial charge in [0.2, 0.25) is 11.8 Å². The number of hydrogen-bond donors (Lipinski definition) is 1. The van der Waals surface area contributed by atoms with Crippen LogP contribution in [0.15, 0.2) is 29.2 Å². The lowest BCUT2D eigenvalue weighted by molar-refractivity contribution is -0.144. The van der Waals surface area contributed by atoms with Crippen LogP contribution < -0.4 is 5.32 Å². The first kappa shape index (κ1) is 17.9. The van der Waals surface area contributed by atoms with Crippen molar-refractivity contribution in [1.29, 1.82) is 0 Å². The van der Waals surface area contributed by atoms with Crippen molar-refractivity contribution in [3.63, 3.8) is 0 Å². The number of likely N-dealkylation sites (tertiary alicyclic amines) is 1. The van der Waals surface area contributed by atoms with Crippen molar-refractivity contribution in [3.05, 3.63) is 29.8 Å². The first-order chi connectivity index (χ1) is 11.0. The smallest absolute Gasteiger partial charge is 0.245 e. The molecule has 5 heteroatoms. The van der Waals surface area contributed by atoms with Crippen molar-refractivity contribution in [2.45, 2.75) is 56.5 Å². The second-order valence-electron chi connectivity index (χ2n) is 6.20. The molecule has 4 nitrogen and oxygen atoms in total. The molecule has 1 N–H and O–H groups in total. The van der Waals surface area contributed by atoms with E-state index in [2.05, 4.69) is 17.4 Å². The molecule has 0 aromatic heterocycles. The van der Waals surface area contributed by atoms with Gasteiger partial charge < -0.3 is 10.2 Å². The second kappa shape index (κ2) is 7.86. The molecule has 0 spiro atoms. The van der Waals surface area contributed by atoms with E-state index < -0.39 is 5.54 Å². The third-order valence-electron chi connectivity index (χ3n) is 4.51. The SMILES string of the molecule is CCCC(=O)N1CCCC1(C)C(=O)NCc1ccc(SC)cc1. The topological polar surface area (TPSA) is 49.4 Å². The Kier molecular flexibility index (Phi) is 6.10. The van der Waals surface area contributed by atoms with Crippen LogP contribution in [0.25, 0.3) is 0 Å². The van der Waals surface area contributed by atoms with E-state index in [0.29, 0.717) is 19.5 Å². The summed E-state index contributed by atoms with van der Waals surface area (Å²) in [4.78, 5) is 27.9. The summed E-state index contributed by atoms with van der Waals surface area (Å²) in [6, 6.07) is 8.17. The van der Waals surface area contributed by atoms with E-state index in [4.69, 9.17) is 0 Å². The van der Waals surface area contributed by atoms with Gasteiger partial charge in [0.15, 0.2) is 0 Å². The van der Waals surface area contributed by atoms with Gasteiger partial charge in [-0.3, -0.25) is 9.59 Å². The van der Waals surface area contributed by atoms with Crippen LogP contribution in [0.4, 0.5) is 0 Å². The molecule has 0 bridgehead atoms. The van der Waals surface area contributed by atoms with E-state index >= 15 is 0 Å². The van der Waals surface area contributed by atoms with Crippen molar-refractivity contribution in [3.8, 4) is 0 Å². The Morgan fingerprint density at radius 1 is 1.30 bits per heavy atom. The van der Waals surface area contributed by atoms with Gasteiger partial charge in [-0.2, -0.15) is 0 Å². The van der Waals surface area contributed by atoms with Crippen LogP contribution in [-0.2, 0) is 16.1 Å². The van der Waals surface area contributed by atoms with Gasteiger partial charge in [0.25, 0.3) is 0 Å². The molecule has 1 aliphatic rings. The maximum Gasteiger partial charge on any atom is 0.245 e. The minimum Gasteiger partial charge on any atom is -0.350 e. The molecule has 2 rings (SSSR count). The molecule has 0 radical (unpaired) electrons. The van der Waals surface area contributed by atoms with Crippen LogP contribution in [0.3, 0.4) is 0 Å². The Morgan fingerprint density at radius 3 is 2.61 bits per heavy atom. The predicted octanol–water partition coefficient (Wildman–Crippen LogP) is 3.21. The van der Waals surface area contributed by atoms with Crippen molar-refractivity contribution in [2.24, 2.45) is 0 Å². The maximum absolute atomic E-state index is 12.7. The molecule has 1 fully saturated rings. The molecule has 1 atom stereocenters. The molecule has 1 aromatic rings. The fourth-order valence-corrected chi connectivity index (χ4v) is 3.47. The van der Waals surface area contributed by atoms with E-state index in [1.807, 2.05) is 32.2 Å². The highest BCUT2D eigenvalue weighted by molar-refractivity contribution is 7.98. The van der Waals surface area contributed by atoms with Crippen molar-refractivity contribution in [2.75, 3.05) is 12.8 Å². The molecular formula is C18H26N2O2S. The molecule has 1 aromatic carbocycles. The third-order valence-corrected chi connectivity index (χ3v) is 5.25. The van der Waals surface area contributed by atoms with Crippen LogP contribution in [0.1, 0.15) is 45.1 Å². The van der Waals surface area contributed by atoms with E-state index in [9.17, 15) is 9.59 Å². The lowest BCUT2D eigenvalue weighted by atomic mass is 9.97. The molecule has 126 valence electrons. The van der Waals surface area contributed by atoms with E-state index in [-0.39, 0.29) is 11.8 Å². The summed E-state index contributed by atoms with van der Waals surface area (Å²) < 4.78 is 0. The first-order valence-corrected chi connectivity index (χ1v) is 9.45. The summed E-state index contributed by atoms with van der Waals surface area (Å²) in [5.74, 6) is 0.0420. The zero-order valence-electron chi connectivity index (χ0n) is 14.2. The zero-order valence-corrected chi connectivity index (χ0v) is 15.0. The number of rotatable bonds is 6. The Balaban J connectivity index is 1.98. The van der Waals surface area contributed by atoms with Crippen LogP contribution in [0.5, 0.6) is 0 Å². The Morgan fingerprint density at radius 2 is 2.00 bits per heavy atom. The highest BCUT2D eigenvalue weighted by Crippen LogP contribution is 2.30. The summed E-state index contributed by atoms with van der Waals surface area (Å²) in [6.45, 7) is 5.06. The van der Waals surface area contributed by atoms with Gasteiger partial charge in [-0.25, -0.2) is 0 Å². The van der Waals surface area contributed by atoms with E-state index in [1.54, 1.807) is 16.7 Å². The summed E-state index contributed by atoms with van der Waals surface area (Å²) in [5.41, 5.74) is 0.370. The minimum absolute atomic E-state index is 0.0478. The van der Waals surface area contributed by atoms with E-state index in [1.165, 1.54) is 4.90 Å². The molecule has 0 saturated carbocycles. The van der Waals surface area contributed by atoms with Crippen molar-refractivity contribution in [1.82, 2.24) is 10.2 Å². The molecule has 0 aliphatic carbocycles. The second-order valence-corrected chi connectivity index (χ2v) is 7.08. The Bertz CT molecular complexity index is 559. The number of carbonyl (C=O) groups excluding carboxylic acids is 2. The molecule has 1 heterocycles. The number of carbonyl (C=O) groups is 2. The van der Waals surface area contributed by atoms with E-state index in [0.717, 1.165) is 24.8 Å². The normalized spacial score (nSPS) is 20.6. The Hall–Kier alpha value is -1.49. The van der Waals surface area contributed by atoms with Crippen LogP contribution in [0, 0.1) is 0 Å². The lowest BCUT2D eigenvalue weighted by Gasteiger charge is -2.34. The molecule has 23 heavy (non-hydrogen) atoms. The largest absolute Gasteiger partial charge is 0.350 e. The summed E-state index contributed by atoms with van der Waals surface area (Å²) in [6.07, 6.45) is 4.99. The number of hydrogen-bond acceptors (Lipinski definition) is 3. The Labute approximate surface area is 143 Å². The van der Waals surface area contributed by atoms with Crippen LogP contribution in [-0.4, -0.2) is 35.1 Å². The maximum atomic E-state index is 12.7. The molecular weight excluding hydrogens is 308 g/mol. The van der Waals surface area contributed by atoms with Gasteiger partial charge in [-0.05, 0) is 50.1 Å². The standard InChI is InChI=1S/C18H26N2O2S/c1-4-6-16(21)20-12-5-11-18(20,2)17(22)19-13-14-7-9-15(23-3)10-8-14/h7-10H,4-6,11-13H2,1-3H3,(H,19,22). The van der Waals surface area contributed by atoms with Crippen LogP contribution >= 0.6 is 11.8 Å². The minimum atomic E-state index is -0.703. The number of benzene rings is 1. The average molecular weight is 334 g/mol. The average Bonchev–Trinajstić information content (AvgIpc) is 2.96. The summed E-state index contributed by atoms with van der Waals surface area (Å²) in [5, 5.41) is 3.01. The molecule has 2 amide bonds. The quantitative estimate of drug-likeness (QED) is 0.813. The third kappa shape index (κ3) is 4.08. The van der Waals surface area contributed by atoms with Crippen molar-refractivity contribution < 1.29 is 9.59 Å². The lowest BCUT2D eigenvalue weighted by Crippen LogP contribution is -2.55. The molecule has 1 unspecified atom stereocenters. The van der Waals surface area contributed by atoms with Crippen molar-refractivity contribution >= 4 is 23.6 Å². The highest BCUT2D eigenvalue weighted by Gasteiger charge is 2.45. The number of nitrogens with one attached hydrogen (secondary N) is 1.